The third kappa shape index (κ3) is 1.89. The third-order valence-corrected chi connectivity index (χ3v) is 3.33. The number of nitrogens with zero attached hydrogens (tertiary/aromatic N) is 1. The van der Waals surface area contributed by atoms with Gasteiger partial charge in [0.25, 0.3) is 5.91 Å². The van der Waals surface area contributed by atoms with Crippen molar-refractivity contribution >= 4 is 27.6 Å². The summed E-state index contributed by atoms with van der Waals surface area (Å²) in [7, 11) is 0. The summed E-state index contributed by atoms with van der Waals surface area (Å²) in [5, 5.41) is 12.3. The summed E-state index contributed by atoms with van der Waals surface area (Å²) >= 11 is 0. The molecule has 4 N–H and O–H groups in total. The lowest BCUT2D eigenvalue weighted by molar-refractivity contribution is 0.0950. The van der Waals surface area contributed by atoms with Crippen molar-refractivity contribution in [1.29, 1.82) is 0 Å². The number of nitrogen functional groups attached to an aromatic ring is 1. The molecule has 0 aliphatic rings. The van der Waals surface area contributed by atoms with Gasteiger partial charge >= 0.3 is 0 Å². The van der Waals surface area contributed by atoms with Crippen LogP contribution in [0.3, 0.4) is 0 Å². The number of aliphatic hydroxyl groups excluding tert-OH is 1. The van der Waals surface area contributed by atoms with Crippen LogP contribution in [0.4, 0.5) is 0 Å². The summed E-state index contributed by atoms with van der Waals surface area (Å²) < 4.78 is 0. The Labute approximate surface area is 115 Å². The van der Waals surface area contributed by atoms with Gasteiger partial charge in [-0.15, -0.1) is 0 Å². The minimum Gasteiger partial charge on any atom is -0.390 e. The molecule has 3 rings (SSSR count). The molecular weight excluding hydrogens is 254 g/mol. The molecule has 0 fully saturated rings. The molecule has 0 saturated carbocycles. The Morgan fingerprint density at radius 2 is 2.00 bits per heavy atom. The molecule has 0 unspecified atom stereocenters. The molecule has 1 amide bonds. The second kappa shape index (κ2) is 4.88. The lowest BCUT2D eigenvalue weighted by Crippen LogP contribution is -2.31. The number of amides is 1. The highest BCUT2D eigenvalue weighted by atomic mass is 16.3. The van der Waals surface area contributed by atoms with Gasteiger partial charge in [-0.3, -0.25) is 10.2 Å². The maximum absolute atomic E-state index is 11.8. The van der Waals surface area contributed by atoms with Crippen molar-refractivity contribution in [3.63, 3.8) is 0 Å². The fourth-order valence-electron chi connectivity index (χ4n) is 2.36. The fourth-order valence-corrected chi connectivity index (χ4v) is 2.36. The first-order valence-corrected chi connectivity index (χ1v) is 6.18. The molecule has 0 bridgehead atoms. The standard InChI is InChI=1S/C15H13N3O2/c16-18-15(20)12-7-11-10-4-2-1-3-9(10)5-6-13(11)17-14(12)8-19/h1-7,19H,8,16H2,(H,18,20). The van der Waals surface area contributed by atoms with Crippen molar-refractivity contribution in [3.05, 3.63) is 53.7 Å². The van der Waals surface area contributed by atoms with Crippen LogP contribution in [0.25, 0.3) is 21.7 Å². The number of rotatable bonds is 2. The summed E-state index contributed by atoms with van der Waals surface area (Å²) in [6, 6.07) is 13.4. The van der Waals surface area contributed by atoms with Gasteiger partial charge in [0.1, 0.15) is 0 Å². The molecule has 5 nitrogen and oxygen atoms in total. The number of fused-ring (bicyclic) bond motifs is 3. The topological polar surface area (TPSA) is 88.2 Å². The van der Waals surface area contributed by atoms with Crippen LogP contribution in [-0.2, 0) is 6.61 Å². The molecule has 0 atom stereocenters. The number of benzene rings is 2. The van der Waals surface area contributed by atoms with E-state index in [1.807, 2.05) is 36.4 Å². The van der Waals surface area contributed by atoms with Gasteiger partial charge < -0.3 is 5.11 Å². The zero-order valence-electron chi connectivity index (χ0n) is 10.6. The van der Waals surface area contributed by atoms with Crippen LogP contribution >= 0.6 is 0 Å². The lowest BCUT2D eigenvalue weighted by atomic mass is 10.0. The summed E-state index contributed by atoms with van der Waals surface area (Å²) in [4.78, 5) is 16.1. The van der Waals surface area contributed by atoms with Crippen LogP contribution in [0.15, 0.2) is 42.5 Å². The maximum atomic E-state index is 11.8. The smallest absolute Gasteiger partial charge is 0.267 e. The third-order valence-electron chi connectivity index (χ3n) is 3.33. The number of aromatic nitrogens is 1. The van der Waals surface area contributed by atoms with E-state index in [4.69, 9.17) is 5.84 Å². The molecule has 0 aliphatic heterocycles. The van der Waals surface area contributed by atoms with Gasteiger partial charge in [-0.25, -0.2) is 10.8 Å². The molecule has 0 spiro atoms. The first kappa shape index (κ1) is 12.5. The molecule has 100 valence electrons. The second-order valence-corrected chi connectivity index (χ2v) is 4.47. The molecule has 1 aromatic heterocycles. The second-order valence-electron chi connectivity index (χ2n) is 4.47. The number of hydrazine groups is 1. The van der Waals surface area contributed by atoms with E-state index in [2.05, 4.69) is 10.4 Å². The average Bonchev–Trinajstić information content (AvgIpc) is 2.52. The van der Waals surface area contributed by atoms with E-state index < -0.39 is 5.91 Å². The van der Waals surface area contributed by atoms with Crippen LogP contribution < -0.4 is 11.3 Å². The number of carbonyl (C=O) groups excluding carboxylic acids is 1. The highest BCUT2D eigenvalue weighted by Gasteiger charge is 2.14. The van der Waals surface area contributed by atoms with Gasteiger partial charge in [-0.1, -0.05) is 30.3 Å². The molecule has 5 heteroatoms. The number of aliphatic hydroxyl groups is 1. The molecule has 20 heavy (non-hydrogen) atoms. The molecule has 0 aliphatic carbocycles. The Morgan fingerprint density at radius 1 is 1.20 bits per heavy atom. The Kier molecular flexibility index (Phi) is 3.06. The van der Waals surface area contributed by atoms with Crippen molar-refractivity contribution in [2.75, 3.05) is 0 Å². The molecule has 2 aromatic carbocycles. The van der Waals surface area contributed by atoms with E-state index >= 15 is 0 Å². The largest absolute Gasteiger partial charge is 0.390 e. The first-order chi connectivity index (χ1) is 9.74. The Morgan fingerprint density at radius 3 is 2.75 bits per heavy atom. The summed E-state index contributed by atoms with van der Waals surface area (Å²) in [5.41, 5.74) is 3.42. The molecular formula is C15H13N3O2. The summed E-state index contributed by atoms with van der Waals surface area (Å²) in [6.45, 7) is -0.314. The van der Waals surface area contributed by atoms with Gasteiger partial charge in [0.05, 0.1) is 23.4 Å². The summed E-state index contributed by atoms with van der Waals surface area (Å²) in [6.07, 6.45) is 0. The van der Waals surface area contributed by atoms with E-state index in [1.165, 1.54) is 0 Å². The number of nitrogens with one attached hydrogen (secondary N) is 1. The Bertz CT molecular complexity index is 815. The minimum absolute atomic E-state index is 0.291. The van der Waals surface area contributed by atoms with E-state index in [0.717, 1.165) is 21.7 Å². The summed E-state index contributed by atoms with van der Waals surface area (Å²) in [5.74, 6) is 4.71. The fraction of sp³-hybridized carbons (Fsp3) is 0.0667. The van der Waals surface area contributed by atoms with Crippen molar-refractivity contribution in [2.24, 2.45) is 5.84 Å². The number of carbonyl (C=O) groups is 1. The van der Waals surface area contributed by atoms with E-state index in [0.29, 0.717) is 11.3 Å². The molecule has 1 heterocycles. The molecule has 0 radical (unpaired) electrons. The van der Waals surface area contributed by atoms with Gasteiger partial charge in [-0.2, -0.15) is 0 Å². The number of hydrogen-bond donors (Lipinski definition) is 3. The van der Waals surface area contributed by atoms with E-state index in [9.17, 15) is 9.90 Å². The number of nitrogens with two attached hydrogens (primary N) is 1. The Hall–Kier alpha value is -2.50. The van der Waals surface area contributed by atoms with Crippen LogP contribution in [0.1, 0.15) is 16.1 Å². The average molecular weight is 267 g/mol. The predicted octanol–water partition coefficient (Wildman–Crippen LogP) is 1.48. The SMILES string of the molecule is NNC(=O)c1cc2c(ccc3ccccc32)nc1CO. The predicted molar refractivity (Wildman–Crippen MR) is 76.8 cm³/mol. The molecule has 3 aromatic rings. The first-order valence-electron chi connectivity index (χ1n) is 6.18. The monoisotopic (exact) mass is 267 g/mol. The zero-order valence-corrected chi connectivity index (χ0v) is 10.6. The maximum Gasteiger partial charge on any atom is 0.267 e. The van der Waals surface area contributed by atoms with Gasteiger partial charge in [-0.05, 0) is 22.9 Å². The molecule has 0 saturated heterocycles. The van der Waals surface area contributed by atoms with Gasteiger partial charge in [0, 0.05) is 5.39 Å². The number of pyridine rings is 1. The normalized spacial score (nSPS) is 10.9. The van der Waals surface area contributed by atoms with Crippen molar-refractivity contribution in [3.8, 4) is 0 Å². The highest BCUT2D eigenvalue weighted by Crippen LogP contribution is 2.26. The lowest BCUT2D eigenvalue weighted by Gasteiger charge is -2.09. The van der Waals surface area contributed by atoms with Crippen LogP contribution in [0, 0.1) is 0 Å². The zero-order chi connectivity index (χ0) is 14.1. The minimum atomic E-state index is -0.462. The van der Waals surface area contributed by atoms with Gasteiger partial charge in [0.2, 0.25) is 0 Å². The number of hydrogen-bond acceptors (Lipinski definition) is 4. The van der Waals surface area contributed by atoms with Crippen molar-refractivity contribution < 1.29 is 9.90 Å². The van der Waals surface area contributed by atoms with Crippen LogP contribution in [0.2, 0.25) is 0 Å². The van der Waals surface area contributed by atoms with Crippen molar-refractivity contribution in [1.82, 2.24) is 10.4 Å². The van der Waals surface area contributed by atoms with Gasteiger partial charge in [0.15, 0.2) is 0 Å². The van der Waals surface area contributed by atoms with Crippen LogP contribution in [0.5, 0.6) is 0 Å². The van der Waals surface area contributed by atoms with E-state index in [-0.39, 0.29) is 6.61 Å². The van der Waals surface area contributed by atoms with Crippen molar-refractivity contribution in [2.45, 2.75) is 6.61 Å². The Balaban J connectivity index is 2.40. The van der Waals surface area contributed by atoms with E-state index in [1.54, 1.807) is 6.07 Å². The van der Waals surface area contributed by atoms with Crippen LogP contribution in [-0.4, -0.2) is 16.0 Å². The highest BCUT2D eigenvalue weighted by molar-refractivity contribution is 6.09. The quantitative estimate of drug-likeness (QED) is 0.284.